The molecule has 0 radical (unpaired) electrons. The molecule has 5 nitrogen and oxygen atoms in total. The summed E-state index contributed by atoms with van der Waals surface area (Å²) in [6.07, 6.45) is 4.84. The van der Waals surface area contributed by atoms with Gasteiger partial charge in [-0.05, 0) is 29.7 Å². The summed E-state index contributed by atoms with van der Waals surface area (Å²) >= 11 is 3.52. The lowest BCUT2D eigenvalue weighted by atomic mass is 9.90. The molecule has 1 fully saturated rings. The van der Waals surface area contributed by atoms with Crippen molar-refractivity contribution >= 4 is 39.9 Å². The van der Waals surface area contributed by atoms with Crippen LogP contribution in [0.1, 0.15) is 17.0 Å². The molecule has 0 saturated carbocycles. The Kier molecular flexibility index (Phi) is 4.99. The van der Waals surface area contributed by atoms with Crippen molar-refractivity contribution in [1.29, 1.82) is 0 Å². The molecule has 3 heterocycles. The SMILES string of the molecule is Cl.Cn1cc([C@H]2CNC[C@@H]2C(=O)N2CCc3ccc(Br)cc32)cn1. The van der Waals surface area contributed by atoms with Crippen LogP contribution in [-0.4, -0.2) is 35.3 Å². The molecule has 2 aromatic rings. The summed E-state index contributed by atoms with van der Waals surface area (Å²) in [5.41, 5.74) is 3.45. The first kappa shape index (κ1) is 17.5. The Morgan fingerprint density at radius 2 is 2.21 bits per heavy atom. The maximum absolute atomic E-state index is 13.2. The number of amides is 1. The zero-order chi connectivity index (χ0) is 16.0. The van der Waals surface area contributed by atoms with Crippen molar-refractivity contribution in [3.63, 3.8) is 0 Å². The first-order chi connectivity index (χ1) is 11.1. The van der Waals surface area contributed by atoms with Gasteiger partial charge in [-0.25, -0.2) is 0 Å². The second kappa shape index (κ2) is 6.86. The highest BCUT2D eigenvalue weighted by molar-refractivity contribution is 9.10. The standard InChI is InChI=1S/C17H19BrN4O.ClH/c1-21-10-12(7-20-21)14-8-19-9-15(14)17(23)22-5-4-11-2-3-13(18)6-16(11)22;/h2-3,6-7,10,14-15,19H,4-5,8-9H2,1H3;1H/t14-,15+;/m1./s1. The molecule has 2 aliphatic rings. The number of carbonyl (C=O) groups is 1. The summed E-state index contributed by atoms with van der Waals surface area (Å²) in [5, 5.41) is 7.63. The summed E-state index contributed by atoms with van der Waals surface area (Å²) in [5.74, 6) is 0.400. The summed E-state index contributed by atoms with van der Waals surface area (Å²) in [4.78, 5) is 15.1. The maximum atomic E-state index is 13.2. The van der Waals surface area contributed by atoms with Gasteiger partial charge in [0.25, 0.3) is 0 Å². The van der Waals surface area contributed by atoms with Gasteiger partial charge in [-0.15, -0.1) is 12.4 Å². The van der Waals surface area contributed by atoms with Gasteiger partial charge in [0.05, 0.1) is 12.1 Å². The number of anilines is 1. The molecule has 1 N–H and O–H groups in total. The first-order valence-corrected chi connectivity index (χ1v) is 8.72. The van der Waals surface area contributed by atoms with Gasteiger partial charge in [0.15, 0.2) is 0 Å². The van der Waals surface area contributed by atoms with Crippen LogP contribution in [0.15, 0.2) is 35.1 Å². The summed E-state index contributed by atoms with van der Waals surface area (Å²) < 4.78 is 2.82. The average Bonchev–Trinajstić information content (AvgIpc) is 3.24. The van der Waals surface area contributed by atoms with Crippen molar-refractivity contribution < 1.29 is 4.79 Å². The predicted molar refractivity (Wildman–Crippen MR) is 99.8 cm³/mol. The molecule has 4 rings (SSSR count). The van der Waals surface area contributed by atoms with Crippen LogP contribution in [0, 0.1) is 5.92 Å². The van der Waals surface area contributed by atoms with Crippen LogP contribution in [-0.2, 0) is 18.3 Å². The molecule has 0 bridgehead atoms. The van der Waals surface area contributed by atoms with Crippen molar-refractivity contribution in [2.24, 2.45) is 13.0 Å². The highest BCUT2D eigenvalue weighted by Gasteiger charge is 2.39. The summed E-state index contributed by atoms with van der Waals surface area (Å²) in [6.45, 7) is 2.35. The van der Waals surface area contributed by atoms with Crippen LogP contribution in [0.3, 0.4) is 0 Å². The number of nitrogens with one attached hydrogen (secondary N) is 1. The summed E-state index contributed by atoms with van der Waals surface area (Å²) in [7, 11) is 1.91. The molecule has 0 spiro atoms. The molecular formula is C17H20BrClN4O. The van der Waals surface area contributed by atoms with Crippen LogP contribution in [0.5, 0.6) is 0 Å². The van der Waals surface area contributed by atoms with Gasteiger partial charge in [0.2, 0.25) is 5.91 Å². The van der Waals surface area contributed by atoms with Gasteiger partial charge < -0.3 is 10.2 Å². The second-order valence-corrected chi connectivity index (χ2v) is 7.25. The van der Waals surface area contributed by atoms with Crippen molar-refractivity contribution in [2.75, 3.05) is 24.5 Å². The van der Waals surface area contributed by atoms with E-state index in [1.165, 1.54) is 5.56 Å². The number of hydrogen-bond acceptors (Lipinski definition) is 3. The number of benzene rings is 1. The molecule has 1 aromatic heterocycles. The quantitative estimate of drug-likeness (QED) is 0.826. The molecule has 0 aliphatic carbocycles. The van der Waals surface area contributed by atoms with Crippen LogP contribution >= 0.6 is 28.3 Å². The van der Waals surface area contributed by atoms with Crippen LogP contribution < -0.4 is 10.2 Å². The highest BCUT2D eigenvalue weighted by atomic mass is 79.9. The van der Waals surface area contributed by atoms with Gasteiger partial charge in [0.1, 0.15) is 0 Å². The molecule has 2 aliphatic heterocycles. The van der Waals surface area contributed by atoms with Gasteiger partial charge in [0, 0.05) is 49.0 Å². The Morgan fingerprint density at radius 1 is 1.38 bits per heavy atom. The predicted octanol–water partition coefficient (Wildman–Crippen LogP) is 2.50. The molecule has 7 heteroatoms. The Morgan fingerprint density at radius 3 is 2.96 bits per heavy atom. The zero-order valence-corrected chi connectivity index (χ0v) is 15.8. The van der Waals surface area contributed by atoms with Crippen LogP contribution in [0.25, 0.3) is 0 Å². The Balaban J connectivity index is 0.00000169. The number of hydrogen-bond donors (Lipinski definition) is 1. The Labute approximate surface area is 155 Å². The van der Waals surface area contributed by atoms with E-state index in [1.807, 2.05) is 30.4 Å². The largest absolute Gasteiger partial charge is 0.315 e. The van der Waals surface area contributed by atoms with Gasteiger partial charge in [-0.3, -0.25) is 9.48 Å². The normalized spacial score (nSPS) is 22.3. The molecular weight excluding hydrogens is 392 g/mol. The lowest BCUT2D eigenvalue weighted by Crippen LogP contribution is -2.37. The van der Waals surface area contributed by atoms with Gasteiger partial charge >= 0.3 is 0 Å². The van der Waals surface area contributed by atoms with E-state index >= 15 is 0 Å². The second-order valence-electron chi connectivity index (χ2n) is 6.33. The number of carbonyl (C=O) groups excluding carboxylic acids is 1. The molecule has 1 amide bonds. The van der Waals surface area contributed by atoms with E-state index in [-0.39, 0.29) is 30.2 Å². The molecule has 0 unspecified atom stereocenters. The fourth-order valence-electron chi connectivity index (χ4n) is 3.70. The van der Waals surface area contributed by atoms with Crippen molar-refractivity contribution in [1.82, 2.24) is 15.1 Å². The zero-order valence-electron chi connectivity index (χ0n) is 13.4. The number of nitrogens with zero attached hydrogens (tertiary/aromatic N) is 3. The molecule has 1 aromatic carbocycles. The fourth-order valence-corrected chi connectivity index (χ4v) is 4.05. The van der Waals surface area contributed by atoms with Crippen LogP contribution in [0.2, 0.25) is 0 Å². The Hall–Kier alpha value is -1.37. The number of halogens is 2. The van der Waals surface area contributed by atoms with E-state index in [9.17, 15) is 4.79 Å². The van der Waals surface area contributed by atoms with E-state index in [0.29, 0.717) is 0 Å². The number of fused-ring (bicyclic) bond motifs is 1. The lowest BCUT2D eigenvalue weighted by molar-refractivity contribution is -0.122. The smallest absolute Gasteiger partial charge is 0.232 e. The van der Waals surface area contributed by atoms with Crippen molar-refractivity contribution in [2.45, 2.75) is 12.3 Å². The van der Waals surface area contributed by atoms with E-state index in [1.54, 1.807) is 4.68 Å². The maximum Gasteiger partial charge on any atom is 0.232 e. The lowest BCUT2D eigenvalue weighted by Gasteiger charge is -2.24. The number of aryl methyl sites for hydroxylation is 1. The minimum Gasteiger partial charge on any atom is -0.315 e. The molecule has 24 heavy (non-hydrogen) atoms. The highest BCUT2D eigenvalue weighted by Crippen LogP contribution is 2.35. The third kappa shape index (κ3) is 2.98. The van der Waals surface area contributed by atoms with Gasteiger partial charge in [-0.1, -0.05) is 22.0 Å². The van der Waals surface area contributed by atoms with Crippen molar-refractivity contribution in [3.05, 3.63) is 46.2 Å². The summed E-state index contributed by atoms with van der Waals surface area (Å²) in [6, 6.07) is 6.21. The third-order valence-electron chi connectivity index (χ3n) is 4.89. The van der Waals surface area contributed by atoms with E-state index in [2.05, 4.69) is 38.5 Å². The number of rotatable bonds is 2. The molecule has 2 atom stereocenters. The van der Waals surface area contributed by atoms with Crippen LogP contribution in [0.4, 0.5) is 5.69 Å². The monoisotopic (exact) mass is 410 g/mol. The topological polar surface area (TPSA) is 50.2 Å². The Bertz CT molecular complexity index is 763. The van der Waals surface area contributed by atoms with E-state index in [4.69, 9.17) is 0 Å². The van der Waals surface area contributed by atoms with E-state index in [0.717, 1.165) is 41.8 Å². The number of aromatic nitrogens is 2. The molecule has 128 valence electrons. The molecule has 1 saturated heterocycles. The van der Waals surface area contributed by atoms with Crippen molar-refractivity contribution in [3.8, 4) is 0 Å². The van der Waals surface area contributed by atoms with E-state index < -0.39 is 0 Å². The average molecular weight is 412 g/mol. The first-order valence-electron chi connectivity index (χ1n) is 7.92. The minimum absolute atomic E-state index is 0. The minimum atomic E-state index is -0.0240. The fraction of sp³-hybridized carbons (Fsp3) is 0.412. The van der Waals surface area contributed by atoms with Gasteiger partial charge in [-0.2, -0.15) is 5.10 Å². The third-order valence-corrected chi connectivity index (χ3v) is 5.39.